The van der Waals surface area contributed by atoms with E-state index in [1.54, 1.807) is 23.8 Å². The van der Waals surface area contributed by atoms with E-state index in [4.69, 9.17) is 9.72 Å². The van der Waals surface area contributed by atoms with Crippen LogP contribution in [0.1, 0.15) is 6.92 Å². The number of methoxy groups -OCH3 is 1. The van der Waals surface area contributed by atoms with Gasteiger partial charge in [0.2, 0.25) is 5.91 Å². The third kappa shape index (κ3) is 4.33. The van der Waals surface area contributed by atoms with Crippen LogP contribution in [0.5, 0.6) is 5.75 Å². The number of ether oxygens (including phenoxy) is 1. The fourth-order valence-corrected chi connectivity index (χ4v) is 4.78. The van der Waals surface area contributed by atoms with Gasteiger partial charge in [0.1, 0.15) is 21.7 Å². The van der Waals surface area contributed by atoms with Crippen molar-refractivity contribution in [3.63, 3.8) is 0 Å². The van der Waals surface area contributed by atoms with E-state index in [1.165, 1.54) is 11.8 Å². The van der Waals surface area contributed by atoms with Gasteiger partial charge in [0.15, 0.2) is 5.16 Å². The zero-order chi connectivity index (χ0) is 21.8. The summed E-state index contributed by atoms with van der Waals surface area (Å²) in [5.74, 6) is 0.481. The van der Waals surface area contributed by atoms with Gasteiger partial charge in [-0.25, -0.2) is 4.98 Å². The topological polar surface area (TPSA) is 86.1 Å². The molecule has 4 aromatic rings. The maximum atomic E-state index is 13.0. The van der Waals surface area contributed by atoms with Gasteiger partial charge < -0.3 is 10.1 Å². The summed E-state index contributed by atoms with van der Waals surface area (Å²) in [5.41, 5.74) is 2.61. The van der Waals surface area contributed by atoms with Crippen molar-refractivity contribution >= 4 is 45.1 Å². The Bertz CT molecular complexity index is 1290. The van der Waals surface area contributed by atoms with E-state index in [1.807, 2.05) is 49.4 Å². The number of carbonyl (C=O) groups is 1. The van der Waals surface area contributed by atoms with Crippen molar-refractivity contribution in [2.45, 2.75) is 18.6 Å². The van der Waals surface area contributed by atoms with E-state index in [9.17, 15) is 9.59 Å². The SMILES string of the molecule is CCn1c(SCC(=O)Nc2ccccc2OC)nc2c(-c3ccccc3)nsc2c1=O. The highest BCUT2D eigenvalue weighted by Crippen LogP contribution is 2.29. The summed E-state index contributed by atoms with van der Waals surface area (Å²) in [4.78, 5) is 30.3. The summed E-state index contributed by atoms with van der Waals surface area (Å²) >= 11 is 2.38. The molecule has 1 N–H and O–H groups in total. The van der Waals surface area contributed by atoms with Crippen LogP contribution in [-0.4, -0.2) is 32.7 Å². The van der Waals surface area contributed by atoms with Crippen molar-refractivity contribution in [2.24, 2.45) is 0 Å². The third-order valence-corrected chi connectivity index (χ3v) is 6.42. The number of nitrogens with one attached hydrogen (secondary N) is 1. The molecule has 31 heavy (non-hydrogen) atoms. The molecular formula is C22H20N4O3S2. The van der Waals surface area contributed by atoms with Crippen LogP contribution in [0, 0.1) is 0 Å². The lowest BCUT2D eigenvalue weighted by molar-refractivity contribution is -0.113. The standard InChI is InChI=1S/C22H20N4O3S2/c1-3-26-21(28)20-19(18(25-31-20)14-9-5-4-6-10-14)24-22(26)30-13-17(27)23-15-11-7-8-12-16(15)29-2/h4-12H,3,13H2,1-2H3,(H,23,27). The predicted octanol–water partition coefficient (Wildman–Crippen LogP) is 4.28. The van der Waals surface area contributed by atoms with Gasteiger partial charge in [0, 0.05) is 12.1 Å². The molecule has 0 unspecified atom stereocenters. The summed E-state index contributed by atoms with van der Waals surface area (Å²) < 4.78 is 11.8. The minimum absolute atomic E-state index is 0.105. The second-order valence-electron chi connectivity index (χ2n) is 6.56. The lowest BCUT2D eigenvalue weighted by Gasteiger charge is -2.11. The Morgan fingerprint density at radius 2 is 1.90 bits per heavy atom. The zero-order valence-electron chi connectivity index (χ0n) is 17.0. The first kappa shape index (κ1) is 21.1. The monoisotopic (exact) mass is 452 g/mol. The Kier molecular flexibility index (Phi) is 6.34. The van der Waals surface area contributed by atoms with Gasteiger partial charge >= 0.3 is 0 Å². The van der Waals surface area contributed by atoms with Gasteiger partial charge in [-0.15, -0.1) is 0 Å². The van der Waals surface area contributed by atoms with Crippen LogP contribution >= 0.6 is 23.3 Å². The van der Waals surface area contributed by atoms with Crippen LogP contribution in [0.4, 0.5) is 5.69 Å². The first-order valence-electron chi connectivity index (χ1n) is 9.63. The van der Waals surface area contributed by atoms with Gasteiger partial charge in [-0.3, -0.25) is 14.2 Å². The lowest BCUT2D eigenvalue weighted by atomic mass is 10.1. The molecule has 2 heterocycles. The Labute approximate surface area is 187 Å². The van der Waals surface area contributed by atoms with Gasteiger partial charge in [-0.2, -0.15) is 4.37 Å². The largest absolute Gasteiger partial charge is 0.495 e. The predicted molar refractivity (Wildman–Crippen MR) is 125 cm³/mol. The normalized spacial score (nSPS) is 10.9. The van der Waals surface area contributed by atoms with Crippen molar-refractivity contribution in [1.82, 2.24) is 13.9 Å². The number of rotatable bonds is 7. The summed E-state index contributed by atoms with van der Waals surface area (Å²) in [6, 6.07) is 16.9. The number of hydrogen-bond acceptors (Lipinski definition) is 7. The van der Waals surface area contributed by atoms with Gasteiger partial charge in [0.25, 0.3) is 5.56 Å². The van der Waals surface area contributed by atoms with E-state index in [0.717, 1.165) is 17.1 Å². The van der Waals surface area contributed by atoms with Crippen LogP contribution < -0.4 is 15.6 Å². The van der Waals surface area contributed by atoms with Gasteiger partial charge in [0.05, 0.1) is 18.6 Å². The number of aromatic nitrogens is 3. The molecule has 4 rings (SSSR count). The lowest BCUT2D eigenvalue weighted by Crippen LogP contribution is -2.23. The van der Waals surface area contributed by atoms with Crippen LogP contribution in [0.2, 0.25) is 0 Å². The number of nitrogens with zero attached hydrogens (tertiary/aromatic N) is 3. The molecule has 2 aromatic carbocycles. The quantitative estimate of drug-likeness (QED) is 0.333. The molecule has 1 amide bonds. The minimum atomic E-state index is -0.210. The van der Waals surface area contributed by atoms with Crippen LogP contribution in [-0.2, 0) is 11.3 Å². The molecule has 9 heteroatoms. The van der Waals surface area contributed by atoms with Crippen LogP contribution in [0.25, 0.3) is 21.5 Å². The average Bonchev–Trinajstić information content (AvgIpc) is 3.23. The molecule has 0 atom stereocenters. The molecule has 0 bridgehead atoms. The fourth-order valence-electron chi connectivity index (χ4n) is 3.13. The van der Waals surface area contributed by atoms with Crippen molar-refractivity contribution in [3.05, 3.63) is 65.0 Å². The number of anilines is 1. The van der Waals surface area contributed by atoms with Gasteiger partial charge in [-0.1, -0.05) is 54.2 Å². The molecule has 0 aliphatic carbocycles. The zero-order valence-corrected chi connectivity index (χ0v) is 18.6. The Morgan fingerprint density at radius 3 is 2.65 bits per heavy atom. The number of para-hydroxylation sites is 2. The number of benzene rings is 2. The maximum absolute atomic E-state index is 13.0. The average molecular weight is 453 g/mol. The Hall–Kier alpha value is -3.17. The molecular weight excluding hydrogens is 432 g/mol. The first-order chi connectivity index (χ1) is 15.1. The molecule has 2 aromatic heterocycles. The second kappa shape index (κ2) is 9.32. The molecule has 0 spiro atoms. The maximum Gasteiger partial charge on any atom is 0.273 e. The molecule has 0 radical (unpaired) electrons. The summed E-state index contributed by atoms with van der Waals surface area (Å²) in [5, 5.41) is 3.34. The molecule has 0 saturated carbocycles. The van der Waals surface area contributed by atoms with Crippen molar-refractivity contribution < 1.29 is 9.53 Å². The molecule has 158 valence electrons. The number of amides is 1. The minimum Gasteiger partial charge on any atom is -0.495 e. The smallest absolute Gasteiger partial charge is 0.273 e. The Balaban J connectivity index is 1.62. The fraction of sp³-hybridized carbons (Fsp3) is 0.182. The van der Waals surface area contributed by atoms with Gasteiger partial charge in [-0.05, 0) is 30.6 Å². The number of carbonyl (C=O) groups excluding carboxylic acids is 1. The molecule has 0 aliphatic heterocycles. The number of fused-ring (bicyclic) bond motifs is 1. The molecule has 0 aliphatic rings. The van der Waals surface area contributed by atoms with E-state index in [-0.39, 0.29) is 17.2 Å². The summed E-state index contributed by atoms with van der Waals surface area (Å²) in [6.07, 6.45) is 0. The number of thioether (sulfide) groups is 1. The highest BCUT2D eigenvalue weighted by molar-refractivity contribution is 7.99. The van der Waals surface area contributed by atoms with Crippen molar-refractivity contribution in [1.29, 1.82) is 0 Å². The Morgan fingerprint density at radius 1 is 1.16 bits per heavy atom. The molecule has 7 nitrogen and oxygen atoms in total. The van der Waals surface area contributed by atoms with Crippen LogP contribution in [0.15, 0.2) is 64.5 Å². The number of hydrogen-bond donors (Lipinski definition) is 1. The van der Waals surface area contributed by atoms with E-state index < -0.39 is 0 Å². The summed E-state index contributed by atoms with van der Waals surface area (Å²) in [6.45, 7) is 2.34. The molecule has 0 fully saturated rings. The first-order valence-corrected chi connectivity index (χ1v) is 11.4. The van der Waals surface area contributed by atoms with E-state index in [2.05, 4.69) is 9.69 Å². The van der Waals surface area contributed by atoms with Crippen LogP contribution in [0.3, 0.4) is 0 Å². The summed E-state index contributed by atoms with van der Waals surface area (Å²) in [7, 11) is 1.55. The van der Waals surface area contributed by atoms with Crippen molar-refractivity contribution in [2.75, 3.05) is 18.2 Å². The van der Waals surface area contributed by atoms with E-state index in [0.29, 0.717) is 39.0 Å². The molecule has 0 saturated heterocycles. The second-order valence-corrected chi connectivity index (χ2v) is 8.27. The van der Waals surface area contributed by atoms with Crippen molar-refractivity contribution in [3.8, 4) is 17.0 Å². The highest BCUT2D eigenvalue weighted by atomic mass is 32.2. The third-order valence-electron chi connectivity index (χ3n) is 4.62. The highest BCUT2D eigenvalue weighted by Gasteiger charge is 2.18. The van der Waals surface area contributed by atoms with E-state index >= 15 is 0 Å².